The number of amides is 1. The van der Waals surface area contributed by atoms with Crippen LogP contribution in [0.4, 0.5) is 0 Å². The van der Waals surface area contributed by atoms with E-state index >= 15 is 0 Å². The number of carbonyl (C=O) groups is 1. The van der Waals surface area contributed by atoms with E-state index in [4.69, 9.17) is 0 Å². The first-order valence-corrected chi connectivity index (χ1v) is 5.73. The summed E-state index contributed by atoms with van der Waals surface area (Å²) in [7, 11) is 0. The van der Waals surface area contributed by atoms with Gasteiger partial charge in [-0.3, -0.25) is 4.79 Å². The van der Waals surface area contributed by atoms with Crippen LogP contribution in [0.3, 0.4) is 0 Å². The van der Waals surface area contributed by atoms with Crippen LogP contribution in [0.2, 0.25) is 0 Å². The van der Waals surface area contributed by atoms with E-state index in [1.54, 1.807) is 17.1 Å². The van der Waals surface area contributed by atoms with Crippen LogP contribution >= 0.6 is 0 Å². The van der Waals surface area contributed by atoms with Gasteiger partial charge < -0.3 is 4.90 Å². The summed E-state index contributed by atoms with van der Waals surface area (Å²) in [5.41, 5.74) is 0.733. The number of fused-ring (bicyclic) bond motifs is 1. The van der Waals surface area contributed by atoms with Gasteiger partial charge in [0.2, 0.25) is 5.91 Å². The van der Waals surface area contributed by atoms with E-state index in [2.05, 4.69) is 15.1 Å². The molecule has 6 heteroatoms. The zero-order valence-corrected chi connectivity index (χ0v) is 9.58. The molecule has 0 aromatic carbocycles. The van der Waals surface area contributed by atoms with Crippen molar-refractivity contribution in [3.8, 4) is 0 Å². The molecule has 1 amide bonds. The van der Waals surface area contributed by atoms with Crippen molar-refractivity contribution in [2.75, 3.05) is 13.1 Å². The van der Waals surface area contributed by atoms with Crippen molar-refractivity contribution in [2.45, 2.75) is 19.4 Å². The lowest BCUT2D eigenvalue weighted by molar-refractivity contribution is -0.130. The lowest BCUT2D eigenvalue weighted by atomic mass is 10.2. The van der Waals surface area contributed by atoms with Crippen molar-refractivity contribution in [2.24, 2.45) is 0 Å². The van der Waals surface area contributed by atoms with Gasteiger partial charge in [0, 0.05) is 19.3 Å². The molecule has 6 nitrogen and oxygen atoms in total. The largest absolute Gasteiger partial charge is 0.341 e. The molecule has 1 fully saturated rings. The lowest BCUT2D eigenvalue weighted by Gasteiger charge is -2.13. The molecule has 1 aliphatic rings. The molecule has 0 N–H and O–H groups in total. The van der Waals surface area contributed by atoms with Crippen LogP contribution in [0.1, 0.15) is 19.4 Å². The summed E-state index contributed by atoms with van der Waals surface area (Å²) in [6, 6.07) is -0.206. The molecule has 17 heavy (non-hydrogen) atoms. The van der Waals surface area contributed by atoms with Crippen LogP contribution in [0.15, 0.2) is 18.7 Å². The van der Waals surface area contributed by atoms with E-state index in [1.165, 1.54) is 6.33 Å². The standard InChI is InChI=1S/C11H13N5O/c1-2-15-4-3-9(11(15)17)16-10-8(6-14-16)5-12-7-13-10/h5-7,9H,2-4H2,1H3. The second-order valence-corrected chi connectivity index (χ2v) is 4.11. The molecule has 1 saturated heterocycles. The number of hydrogen-bond acceptors (Lipinski definition) is 4. The summed E-state index contributed by atoms with van der Waals surface area (Å²) < 4.78 is 1.72. The highest BCUT2D eigenvalue weighted by Gasteiger charge is 2.33. The van der Waals surface area contributed by atoms with Gasteiger partial charge in [0.05, 0.1) is 11.6 Å². The van der Waals surface area contributed by atoms with Gasteiger partial charge in [-0.15, -0.1) is 0 Å². The number of likely N-dealkylation sites (N-methyl/N-ethyl adjacent to an activating group) is 1. The number of nitrogens with zero attached hydrogens (tertiary/aromatic N) is 5. The molecule has 0 spiro atoms. The Morgan fingerprint density at radius 1 is 1.47 bits per heavy atom. The average Bonchev–Trinajstić information content (AvgIpc) is 2.92. The van der Waals surface area contributed by atoms with E-state index < -0.39 is 0 Å². The van der Waals surface area contributed by atoms with Crippen LogP contribution in [0.5, 0.6) is 0 Å². The van der Waals surface area contributed by atoms with Gasteiger partial charge in [-0.1, -0.05) is 0 Å². The normalized spacial score (nSPS) is 20.4. The Morgan fingerprint density at radius 2 is 2.35 bits per heavy atom. The van der Waals surface area contributed by atoms with Crippen LogP contribution < -0.4 is 0 Å². The Morgan fingerprint density at radius 3 is 3.12 bits per heavy atom. The van der Waals surface area contributed by atoms with Crippen LogP contribution in [0.25, 0.3) is 11.0 Å². The molecule has 0 aliphatic carbocycles. The van der Waals surface area contributed by atoms with Crippen LogP contribution in [-0.2, 0) is 4.79 Å². The third-order valence-electron chi connectivity index (χ3n) is 3.20. The molecular formula is C11H13N5O. The Bertz CT molecular complexity index is 564. The average molecular weight is 231 g/mol. The van der Waals surface area contributed by atoms with Gasteiger partial charge >= 0.3 is 0 Å². The van der Waals surface area contributed by atoms with E-state index in [-0.39, 0.29) is 11.9 Å². The smallest absolute Gasteiger partial charge is 0.247 e. The summed E-state index contributed by atoms with van der Waals surface area (Å²) >= 11 is 0. The Hall–Kier alpha value is -1.98. The summed E-state index contributed by atoms with van der Waals surface area (Å²) in [4.78, 5) is 22.1. The van der Waals surface area contributed by atoms with Gasteiger partial charge in [0.25, 0.3) is 0 Å². The van der Waals surface area contributed by atoms with E-state index in [0.717, 1.165) is 30.5 Å². The lowest BCUT2D eigenvalue weighted by Crippen LogP contribution is -2.28. The maximum Gasteiger partial charge on any atom is 0.247 e. The van der Waals surface area contributed by atoms with Crippen LogP contribution in [0, 0.1) is 0 Å². The highest BCUT2D eigenvalue weighted by atomic mass is 16.2. The summed E-state index contributed by atoms with van der Waals surface area (Å²) in [5, 5.41) is 5.13. The second kappa shape index (κ2) is 3.80. The first-order valence-electron chi connectivity index (χ1n) is 5.73. The van der Waals surface area contributed by atoms with Crippen molar-refractivity contribution < 1.29 is 4.79 Å². The van der Waals surface area contributed by atoms with Crippen molar-refractivity contribution in [1.82, 2.24) is 24.6 Å². The molecule has 3 rings (SSSR count). The van der Waals surface area contributed by atoms with Gasteiger partial charge in [-0.2, -0.15) is 5.10 Å². The predicted molar refractivity (Wildman–Crippen MR) is 61.2 cm³/mol. The minimum Gasteiger partial charge on any atom is -0.341 e. The Balaban J connectivity index is 2.02. The number of carbonyl (C=O) groups excluding carboxylic acids is 1. The second-order valence-electron chi connectivity index (χ2n) is 4.11. The van der Waals surface area contributed by atoms with Crippen LogP contribution in [-0.4, -0.2) is 43.6 Å². The quantitative estimate of drug-likeness (QED) is 0.760. The fraction of sp³-hybridized carbons (Fsp3) is 0.455. The number of hydrogen-bond donors (Lipinski definition) is 0. The summed E-state index contributed by atoms with van der Waals surface area (Å²) in [5.74, 6) is 0.135. The minimum atomic E-state index is -0.206. The Labute approximate surface area is 98.3 Å². The third-order valence-corrected chi connectivity index (χ3v) is 3.20. The van der Waals surface area contributed by atoms with E-state index in [9.17, 15) is 4.79 Å². The zero-order valence-electron chi connectivity index (χ0n) is 9.58. The highest BCUT2D eigenvalue weighted by Crippen LogP contribution is 2.25. The topological polar surface area (TPSA) is 63.9 Å². The monoisotopic (exact) mass is 231 g/mol. The van der Waals surface area contributed by atoms with Crippen molar-refractivity contribution in [1.29, 1.82) is 0 Å². The summed E-state index contributed by atoms with van der Waals surface area (Å²) in [6.45, 7) is 3.54. The first kappa shape index (κ1) is 10.2. The first-order chi connectivity index (χ1) is 8.31. The molecule has 3 heterocycles. The summed E-state index contributed by atoms with van der Waals surface area (Å²) in [6.07, 6.45) is 5.70. The number of rotatable bonds is 2. The predicted octanol–water partition coefficient (Wildman–Crippen LogP) is 0.620. The van der Waals surface area contributed by atoms with Gasteiger partial charge in [0.1, 0.15) is 12.4 Å². The number of aromatic nitrogens is 4. The molecule has 1 atom stereocenters. The minimum absolute atomic E-state index is 0.135. The molecule has 0 bridgehead atoms. The number of likely N-dealkylation sites (tertiary alicyclic amines) is 1. The van der Waals surface area contributed by atoms with Gasteiger partial charge in [-0.05, 0) is 13.3 Å². The van der Waals surface area contributed by atoms with Gasteiger partial charge in [-0.25, -0.2) is 14.6 Å². The van der Waals surface area contributed by atoms with E-state index in [0.29, 0.717) is 0 Å². The molecular weight excluding hydrogens is 218 g/mol. The van der Waals surface area contributed by atoms with E-state index in [1.807, 2.05) is 11.8 Å². The molecule has 2 aromatic heterocycles. The molecule has 0 saturated carbocycles. The maximum atomic E-state index is 12.1. The molecule has 0 radical (unpaired) electrons. The molecule has 2 aromatic rings. The molecule has 88 valence electrons. The van der Waals surface area contributed by atoms with Crippen molar-refractivity contribution in [3.63, 3.8) is 0 Å². The zero-order chi connectivity index (χ0) is 11.8. The fourth-order valence-corrected chi connectivity index (χ4v) is 2.29. The fourth-order valence-electron chi connectivity index (χ4n) is 2.29. The molecule has 1 aliphatic heterocycles. The SMILES string of the molecule is CCN1CCC(n2ncc3cncnc32)C1=O. The molecule has 1 unspecified atom stereocenters. The Kier molecular flexibility index (Phi) is 2.28. The third kappa shape index (κ3) is 1.48. The van der Waals surface area contributed by atoms with Crippen molar-refractivity contribution >= 4 is 16.9 Å². The van der Waals surface area contributed by atoms with Gasteiger partial charge in [0.15, 0.2) is 5.65 Å². The maximum absolute atomic E-state index is 12.1. The van der Waals surface area contributed by atoms with Crippen molar-refractivity contribution in [3.05, 3.63) is 18.7 Å². The highest BCUT2D eigenvalue weighted by molar-refractivity contribution is 5.84.